The number of nitrogens with one attached hydrogen (secondary N) is 1. The van der Waals surface area contributed by atoms with E-state index in [9.17, 15) is 9.59 Å². The van der Waals surface area contributed by atoms with Crippen molar-refractivity contribution >= 4 is 34.8 Å². The molecule has 0 fully saturated rings. The molecule has 1 amide bonds. The normalized spacial score (nSPS) is 12.0. The number of benzene rings is 1. The lowest BCUT2D eigenvalue weighted by molar-refractivity contribution is -0.137. The molecule has 1 atom stereocenters. The van der Waals surface area contributed by atoms with E-state index in [1.54, 1.807) is 31.2 Å². The van der Waals surface area contributed by atoms with Crippen LogP contribution in [-0.2, 0) is 4.79 Å². The molecule has 2 rings (SSSR count). The van der Waals surface area contributed by atoms with Crippen molar-refractivity contribution in [3.63, 3.8) is 0 Å². The Hall–Kier alpha value is -1.92. The van der Waals surface area contributed by atoms with Gasteiger partial charge in [0.15, 0.2) is 0 Å². The first-order chi connectivity index (χ1) is 10.4. The molecule has 2 N–H and O–H groups in total. The van der Waals surface area contributed by atoms with E-state index in [1.807, 2.05) is 6.92 Å². The molecule has 0 saturated carbocycles. The third-order valence-electron chi connectivity index (χ3n) is 3.07. The van der Waals surface area contributed by atoms with Crippen LogP contribution in [0.15, 0.2) is 24.3 Å². The van der Waals surface area contributed by atoms with Crippen molar-refractivity contribution in [1.29, 1.82) is 0 Å². The van der Waals surface area contributed by atoms with E-state index in [0.717, 1.165) is 5.01 Å². The van der Waals surface area contributed by atoms with Gasteiger partial charge in [0, 0.05) is 5.02 Å². The topological polar surface area (TPSA) is 79.3 Å². The number of carbonyl (C=O) groups excluding carboxylic acids is 1. The van der Waals surface area contributed by atoms with Gasteiger partial charge in [-0.25, -0.2) is 4.98 Å². The van der Waals surface area contributed by atoms with Crippen LogP contribution in [0.25, 0.3) is 0 Å². The van der Waals surface area contributed by atoms with Crippen LogP contribution in [0, 0.1) is 13.8 Å². The maximum atomic E-state index is 12.4. The maximum absolute atomic E-state index is 12.4. The lowest BCUT2D eigenvalue weighted by Crippen LogP contribution is -2.30. The minimum atomic E-state index is -1.01. The van der Waals surface area contributed by atoms with E-state index < -0.39 is 12.0 Å². The van der Waals surface area contributed by atoms with Gasteiger partial charge >= 0.3 is 5.97 Å². The van der Waals surface area contributed by atoms with E-state index in [0.29, 0.717) is 21.2 Å². The molecule has 0 bridgehead atoms. The Balaban J connectivity index is 2.27. The number of aromatic nitrogens is 1. The smallest absolute Gasteiger partial charge is 0.305 e. The molecule has 1 aromatic heterocycles. The molecule has 5 nitrogen and oxygen atoms in total. The molecule has 1 heterocycles. The fourth-order valence-corrected chi connectivity index (χ4v) is 3.23. The van der Waals surface area contributed by atoms with Crippen LogP contribution in [-0.4, -0.2) is 22.0 Å². The van der Waals surface area contributed by atoms with E-state index in [-0.39, 0.29) is 12.3 Å². The summed E-state index contributed by atoms with van der Waals surface area (Å²) in [5.41, 5.74) is 1.21. The van der Waals surface area contributed by atoms with Gasteiger partial charge < -0.3 is 10.4 Å². The highest BCUT2D eigenvalue weighted by atomic mass is 35.5. The average Bonchev–Trinajstić information content (AvgIpc) is 2.77. The summed E-state index contributed by atoms with van der Waals surface area (Å²) < 4.78 is 0. The summed E-state index contributed by atoms with van der Waals surface area (Å²) in [5.74, 6) is -1.35. The van der Waals surface area contributed by atoms with Crippen molar-refractivity contribution in [2.45, 2.75) is 26.3 Å². The van der Waals surface area contributed by atoms with Gasteiger partial charge in [-0.05, 0) is 25.5 Å². The van der Waals surface area contributed by atoms with Gasteiger partial charge in [-0.2, -0.15) is 0 Å². The Bertz CT molecular complexity index is 715. The second kappa shape index (κ2) is 6.89. The van der Waals surface area contributed by atoms with Crippen molar-refractivity contribution < 1.29 is 14.7 Å². The van der Waals surface area contributed by atoms with Crippen molar-refractivity contribution in [3.8, 4) is 0 Å². The van der Waals surface area contributed by atoms with Crippen molar-refractivity contribution in [2.75, 3.05) is 0 Å². The number of carboxylic acids is 1. The van der Waals surface area contributed by atoms with Gasteiger partial charge in [0.2, 0.25) is 0 Å². The molecule has 0 saturated heterocycles. The summed E-state index contributed by atoms with van der Waals surface area (Å²) in [6.45, 7) is 3.57. The van der Waals surface area contributed by atoms with Crippen LogP contribution in [0.3, 0.4) is 0 Å². The number of amides is 1. The molecule has 1 aromatic carbocycles. The molecule has 22 heavy (non-hydrogen) atoms. The minimum absolute atomic E-state index is 0.244. The summed E-state index contributed by atoms with van der Waals surface area (Å²) in [6.07, 6.45) is -0.244. The molecule has 0 aliphatic carbocycles. The van der Waals surface area contributed by atoms with E-state index in [4.69, 9.17) is 16.7 Å². The monoisotopic (exact) mass is 338 g/mol. The molecule has 7 heteroatoms. The SMILES string of the molecule is Cc1nc(C)c(C(=O)N[C@@H](CC(=O)O)c2ccccc2Cl)s1. The lowest BCUT2D eigenvalue weighted by atomic mass is 10.0. The quantitative estimate of drug-likeness (QED) is 0.876. The van der Waals surface area contributed by atoms with Crippen LogP contribution >= 0.6 is 22.9 Å². The Labute approximate surface area is 137 Å². The van der Waals surface area contributed by atoms with Crippen LogP contribution < -0.4 is 5.32 Å². The summed E-state index contributed by atoms with van der Waals surface area (Å²) in [4.78, 5) is 28.1. The Kier molecular flexibility index (Phi) is 5.15. The second-order valence-corrected chi connectivity index (χ2v) is 6.40. The highest BCUT2D eigenvalue weighted by Crippen LogP contribution is 2.26. The summed E-state index contributed by atoms with van der Waals surface area (Å²) in [5, 5.41) is 13.0. The van der Waals surface area contributed by atoms with Crippen LogP contribution in [0.4, 0.5) is 0 Å². The molecule has 0 unspecified atom stereocenters. The Morgan fingerprint density at radius 2 is 2.05 bits per heavy atom. The van der Waals surface area contributed by atoms with Gasteiger partial charge in [-0.15, -0.1) is 11.3 Å². The number of carbonyl (C=O) groups is 2. The molecular weight excluding hydrogens is 324 g/mol. The molecule has 0 radical (unpaired) electrons. The van der Waals surface area contributed by atoms with E-state index in [1.165, 1.54) is 11.3 Å². The summed E-state index contributed by atoms with van der Waals surface area (Å²) in [7, 11) is 0. The first-order valence-electron chi connectivity index (χ1n) is 6.59. The van der Waals surface area contributed by atoms with Crippen molar-refractivity contribution in [3.05, 3.63) is 50.4 Å². The van der Waals surface area contributed by atoms with Crippen LogP contribution in [0.5, 0.6) is 0 Å². The molecule has 0 aliphatic heterocycles. The second-order valence-electron chi connectivity index (χ2n) is 4.79. The van der Waals surface area contributed by atoms with Crippen LogP contribution in [0.2, 0.25) is 5.02 Å². The molecule has 0 aliphatic rings. The first kappa shape index (κ1) is 16.5. The highest BCUT2D eigenvalue weighted by molar-refractivity contribution is 7.13. The average molecular weight is 339 g/mol. The van der Waals surface area contributed by atoms with Crippen LogP contribution in [0.1, 0.15) is 38.4 Å². The summed E-state index contributed by atoms with van der Waals surface area (Å²) >= 11 is 7.39. The molecular formula is C15H15ClN2O3S. The van der Waals surface area contributed by atoms with Gasteiger partial charge in [-0.1, -0.05) is 29.8 Å². The summed E-state index contributed by atoms with van der Waals surface area (Å²) in [6, 6.07) is 6.19. The molecule has 116 valence electrons. The number of aryl methyl sites for hydroxylation is 2. The number of halogens is 1. The zero-order chi connectivity index (χ0) is 16.3. The van der Waals surface area contributed by atoms with E-state index >= 15 is 0 Å². The fourth-order valence-electron chi connectivity index (χ4n) is 2.14. The zero-order valence-corrected chi connectivity index (χ0v) is 13.7. The van der Waals surface area contributed by atoms with Gasteiger partial charge in [0.1, 0.15) is 4.88 Å². The largest absolute Gasteiger partial charge is 0.481 e. The molecule has 2 aromatic rings. The lowest BCUT2D eigenvalue weighted by Gasteiger charge is -2.18. The number of carboxylic acid groups (broad SMARTS) is 1. The number of thiazole rings is 1. The van der Waals surface area contributed by atoms with Gasteiger partial charge in [0.25, 0.3) is 5.91 Å². The predicted octanol–water partition coefficient (Wildman–Crippen LogP) is 3.36. The first-order valence-corrected chi connectivity index (χ1v) is 7.79. The number of nitrogens with zero attached hydrogens (tertiary/aromatic N) is 1. The highest BCUT2D eigenvalue weighted by Gasteiger charge is 2.23. The van der Waals surface area contributed by atoms with Crippen molar-refractivity contribution in [1.82, 2.24) is 10.3 Å². The van der Waals surface area contributed by atoms with Gasteiger partial charge in [-0.3, -0.25) is 9.59 Å². The van der Waals surface area contributed by atoms with E-state index in [2.05, 4.69) is 10.3 Å². The third-order valence-corrected chi connectivity index (χ3v) is 4.49. The number of hydrogen-bond donors (Lipinski definition) is 2. The number of hydrogen-bond acceptors (Lipinski definition) is 4. The van der Waals surface area contributed by atoms with Crippen molar-refractivity contribution in [2.24, 2.45) is 0 Å². The Morgan fingerprint density at radius 3 is 2.59 bits per heavy atom. The predicted molar refractivity (Wildman–Crippen MR) is 85.5 cm³/mol. The fraction of sp³-hybridized carbons (Fsp3) is 0.267. The number of aliphatic carboxylic acids is 1. The number of rotatable bonds is 5. The Morgan fingerprint density at radius 1 is 1.36 bits per heavy atom. The standard InChI is InChI=1S/C15H15ClN2O3S/c1-8-14(22-9(2)17-8)15(21)18-12(7-13(19)20)10-5-3-4-6-11(10)16/h3-6,12H,7H2,1-2H3,(H,18,21)(H,19,20)/t12-/m0/s1. The van der Waals surface area contributed by atoms with Gasteiger partial charge in [0.05, 0.1) is 23.2 Å². The maximum Gasteiger partial charge on any atom is 0.305 e. The minimum Gasteiger partial charge on any atom is -0.481 e. The molecule has 0 spiro atoms. The zero-order valence-electron chi connectivity index (χ0n) is 12.1. The third kappa shape index (κ3) is 3.84.